The van der Waals surface area contributed by atoms with E-state index in [-0.39, 0.29) is 5.56 Å². The van der Waals surface area contributed by atoms with Crippen LogP contribution in [-0.4, -0.2) is 16.1 Å². The van der Waals surface area contributed by atoms with Crippen LogP contribution in [-0.2, 0) is 13.1 Å². The molecule has 2 aromatic heterocycles. The summed E-state index contributed by atoms with van der Waals surface area (Å²) < 4.78 is 2.91. The van der Waals surface area contributed by atoms with Gasteiger partial charge in [0.15, 0.2) is 0 Å². The fourth-order valence-corrected chi connectivity index (χ4v) is 2.95. The van der Waals surface area contributed by atoms with Crippen molar-refractivity contribution in [1.29, 1.82) is 0 Å². The van der Waals surface area contributed by atoms with Gasteiger partial charge in [0.05, 0.1) is 16.4 Å². The predicted octanol–water partition coefficient (Wildman–Crippen LogP) is 2.82. The molecule has 19 heavy (non-hydrogen) atoms. The highest BCUT2D eigenvalue weighted by Crippen LogP contribution is 2.20. The molecule has 0 fully saturated rings. The molecule has 0 aromatic carbocycles. The maximum absolute atomic E-state index is 11.9. The molecule has 0 saturated heterocycles. The van der Waals surface area contributed by atoms with Crippen molar-refractivity contribution in [1.82, 2.24) is 14.9 Å². The van der Waals surface area contributed by atoms with E-state index in [4.69, 9.17) is 11.6 Å². The molecule has 0 bridgehead atoms. The van der Waals surface area contributed by atoms with Gasteiger partial charge in [-0.25, -0.2) is 4.98 Å². The van der Waals surface area contributed by atoms with E-state index in [2.05, 4.69) is 26.2 Å². The highest BCUT2D eigenvalue weighted by atomic mass is 79.9. The Kier molecular flexibility index (Phi) is 5.15. The molecule has 0 aliphatic carbocycles. The Bertz CT molecular complexity index is 626. The van der Waals surface area contributed by atoms with Crippen LogP contribution in [0.25, 0.3) is 0 Å². The van der Waals surface area contributed by atoms with Crippen LogP contribution in [0.2, 0.25) is 4.34 Å². The lowest BCUT2D eigenvalue weighted by Gasteiger charge is -2.07. The predicted molar refractivity (Wildman–Crippen MR) is 82.0 cm³/mol. The molecule has 1 N–H and O–H groups in total. The molecule has 0 amide bonds. The van der Waals surface area contributed by atoms with Crippen LogP contribution in [0, 0.1) is 6.92 Å². The topological polar surface area (TPSA) is 46.9 Å². The molecule has 2 rings (SSSR count). The smallest absolute Gasteiger partial charge is 0.267 e. The minimum Gasteiger partial charge on any atom is -0.310 e. The van der Waals surface area contributed by atoms with Crippen molar-refractivity contribution in [2.45, 2.75) is 20.0 Å². The fraction of sp³-hybridized carbons (Fsp3) is 0.333. The number of nitrogens with one attached hydrogen (secondary N) is 1. The maximum atomic E-state index is 11.9. The van der Waals surface area contributed by atoms with Crippen molar-refractivity contribution >= 4 is 38.9 Å². The molecule has 2 aromatic rings. The molecular formula is C12H13BrClN3OS. The van der Waals surface area contributed by atoms with Crippen molar-refractivity contribution in [3.05, 3.63) is 48.2 Å². The summed E-state index contributed by atoms with van der Waals surface area (Å²) in [6.07, 6.45) is 1.58. The van der Waals surface area contributed by atoms with E-state index in [0.29, 0.717) is 23.3 Å². The van der Waals surface area contributed by atoms with E-state index in [9.17, 15) is 4.79 Å². The third kappa shape index (κ3) is 3.89. The van der Waals surface area contributed by atoms with Gasteiger partial charge >= 0.3 is 0 Å². The van der Waals surface area contributed by atoms with Crippen LogP contribution in [0.5, 0.6) is 0 Å². The lowest BCUT2D eigenvalue weighted by molar-refractivity contribution is 0.577. The van der Waals surface area contributed by atoms with Crippen LogP contribution in [0.15, 0.2) is 27.7 Å². The van der Waals surface area contributed by atoms with E-state index in [1.165, 1.54) is 4.88 Å². The second-order valence-corrected chi connectivity index (χ2v) is 6.62. The summed E-state index contributed by atoms with van der Waals surface area (Å²) in [5.74, 6) is 0. The van der Waals surface area contributed by atoms with Crippen LogP contribution >= 0.6 is 38.9 Å². The van der Waals surface area contributed by atoms with E-state index in [0.717, 1.165) is 10.9 Å². The highest BCUT2D eigenvalue weighted by molar-refractivity contribution is 9.10. The first-order valence-electron chi connectivity index (χ1n) is 5.74. The summed E-state index contributed by atoms with van der Waals surface area (Å²) >= 11 is 10.7. The van der Waals surface area contributed by atoms with Crippen LogP contribution in [0.1, 0.15) is 10.6 Å². The van der Waals surface area contributed by atoms with Gasteiger partial charge in [0.2, 0.25) is 0 Å². The molecule has 4 nitrogen and oxygen atoms in total. The molecule has 0 aliphatic heterocycles. The van der Waals surface area contributed by atoms with Gasteiger partial charge in [0.1, 0.15) is 4.47 Å². The zero-order valence-electron chi connectivity index (χ0n) is 10.3. The standard InChI is InChI=1S/C12H13BrClN3OS/c1-8-11(13)12(18)17(7-16-8)5-4-15-6-9-2-3-10(14)19-9/h2-3,7,15H,4-6H2,1H3. The van der Waals surface area contributed by atoms with Crippen molar-refractivity contribution < 1.29 is 0 Å². The number of hydrogen-bond acceptors (Lipinski definition) is 4. The normalized spacial score (nSPS) is 10.9. The van der Waals surface area contributed by atoms with E-state index >= 15 is 0 Å². The van der Waals surface area contributed by atoms with Crippen LogP contribution in [0.4, 0.5) is 0 Å². The van der Waals surface area contributed by atoms with Crippen molar-refractivity contribution in [2.24, 2.45) is 0 Å². The molecule has 0 unspecified atom stereocenters. The Morgan fingerprint density at radius 2 is 2.32 bits per heavy atom. The number of nitrogens with zero attached hydrogens (tertiary/aromatic N) is 2. The highest BCUT2D eigenvalue weighted by Gasteiger charge is 2.04. The minimum absolute atomic E-state index is 0.0477. The van der Waals surface area contributed by atoms with E-state index < -0.39 is 0 Å². The first-order chi connectivity index (χ1) is 9.08. The summed E-state index contributed by atoms with van der Waals surface area (Å²) in [6, 6.07) is 3.88. The maximum Gasteiger partial charge on any atom is 0.267 e. The Morgan fingerprint density at radius 1 is 1.53 bits per heavy atom. The van der Waals surface area contributed by atoms with Gasteiger partial charge in [0, 0.05) is 24.5 Å². The van der Waals surface area contributed by atoms with E-state index in [1.807, 2.05) is 12.1 Å². The first-order valence-corrected chi connectivity index (χ1v) is 7.73. The molecule has 7 heteroatoms. The van der Waals surface area contributed by atoms with Gasteiger partial charge in [-0.15, -0.1) is 11.3 Å². The zero-order valence-corrected chi connectivity index (χ0v) is 13.5. The third-order valence-electron chi connectivity index (χ3n) is 2.61. The summed E-state index contributed by atoms with van der Waals surface area (Å²) in [5, 5.41) is 3.27. The molecule has 102 valence electrons. The van der Waals surface area contributed by atoms with Crippen molar-refractivity contribution in [3.8, 4) is 0 Å². The van der Waals surface area contributed by atoms with Gasteiger partial charge in [-0.3, -0.25) is 9.36 Å². The number of aromatic nitrogens is 2. The lowest BCUT2D eigenvalue weighted by atomic mass is 10.4. The summed E-state index contributed by atoms with van der Waals surface area (Å²) in [5.41, 5.74) is 0.663. The first kappa shape index (κ1) is 14.7. The van der Waals surface area contributed by atoms with Crippen LogP contribution in [0.3, 0.4) is 0 Å². The minimum atomic E-state index is -0.0477. The van der Waals surface area contributed by atoms with Crippen LogP contribution < -0.4 is 10.9 Å². The van der Waals surface area contributed by atoms with Gasteiger partial charge in [-0.2, -0.15) is 0 Å². The average Bonchev–Trinajstić information content (AvgIpc) is 2.80. The second kappa shape index (κ2) is 6.65. The molecule has 2 heterocycles. The van der Waals surface area contributed by atoms with E-state index in [1.54, 1.807) is 29.2 Å². The second-order valence-electron chi connectivity index (χ2n) is 4.03. The quantitative estimate of drug-likeness (QED) is 0.832. The Labute approximate surface area is 128 Å². The molecule has 0 spiro atoms. The Balaban J connectivity index is 1.86. The largest absolute Gasteiger partial charge is 0.310 e. The summed E-state index contributed by atoms with van der Waals surface area (Å²) in [7, 11) is 0. The molecule has 0 aliphatic rings. The zero-order chi connectivity index (χ0) is 13.8. The van der Waals surface area contributed by atoms with Crippen molar-refractivity contribution in [2.75, 3.05) is 6.54 Å². The van der Waals surface area contributed by atoms with Crippen molar-refractivity contribution in [3.63, 3.8) is 0 Å². The summed E-state index contributed by atoms with van der Waals surface area (Å²) in [4.78, 5) is 17.2. The Hall–Kier alpha value is -0.690. The fourth-order valence-electron chi connectivity index (χ4n) is 1.56. The van der Waals surface area contributed by atoms with Gasteiger partial charge in [0.25, 0.3) is 5.56 Å². The molecule has 0 radical (unpaired) electrons. The lowest BCUT2D eigenvalue weighted by Crippen LogP contribution is -2.27. The molecule has 0 saturated carbocycles. The third-order valence-corrected chi connectivity index (χ3v) is 4.76. The number of rotatable bonds is 5. The number of halogens is 2. The number of hydrogen-bond donors (Lipinski definition) is 1. The Morgan fingerprint density at radius 3 is 3.00 bits per heavy atom. The molecule has 0 atom stereocenters. The summed E-state index contributed by atoms with van der Waals surface area (Å²) in [6.45, 7) is 3.84. The van der Waals surface area contributed by atoms with Gasteiger partial charge in [-0.05, 0) is 35.0 Å². The number of thiophene rings is 1. The van der Waals surface area contributed by atoms with Gasteiger partial charge in [-0.1, -0.05) is 11.6 Å². The SMILES string of the molecule is Cc1ncn(CCNCc2ccc(Cl)s2)c(=O)c1Br. The monoisotopic (exact) mass is 361 g/mol. The average molecular weight is 363 g/mol. The number of aryl methyl sites for hydroxylation is 1. The molecular weight excluding hydrogens is 350 g/mol. The van der Waals surface area contributed by atoms with Gasteiger partial charge < -0.3 is 5.32 Å².